The maximum Gasteiger partial charge on any atom is 0.230 e. The molecule has 2 aromatic carbocycles. The standard InChI is InChI=1S/C25H31N5O2S/c1-6-17(3)24(32)27-21-9-7-8-20(13-21)14-26-23(31)15-33-25-29-28-19(5)30(25)22-12-16(2)10-11-18(22)4/h7-13,17H,6,14-15H2,1-5H3,(H,26,31)(H,27,32). The van der Waals surface area contributed by atoms with Crippen molar-refractivity contribution in [3.8, 4) is 5.69 Å². The summed E-state index contributed by atoms with van der Waals surface area (Å²) in [6.45, 7) is 10.3. The summed E-state index contributed by atoms with van der Waals surface area (Å²) in [5.41, 5.74) is 4.95. The smallest absolute Gasteiger partial charge is 0.230 e. The van der Waals surface area contributed by atoms with Crippen LogP contribution in [-0.4, -0.2) is 32.3 Å². The van der Waals surface area contributed by atoms with E-state index in [4.69, 9.17) is 0 Å². The van der Waals surface area contributed by atoms with Gasteiger partial charge < -0.3 is 10.6 Å². The van der Waals surface area contributed by atoms with Crippen molar-refractivity contribution in [1.82, 2.24) is 20.1 Å². The number of thioether (sulfide) groups is 1. The third kappa shape index (κ3) is 6.44. The summed E-state index contributed by atoms with van der Waals surface area (Å²) in [6.07, 6.45) is 0.788. The lowest BCUT2D eigenvalue weighted by Gasteiger charge is -2.13. The molecule has 2 amide bonds. The van der Waals surface area contributed by atoms with E-state index < -0.39 is 0 Å². The van der Waals surface area contributed by atoms with Crippen LogP contribution in [0.15, 0.2) is 47.6 Å². The van der Waals surface area contributed by atoms with E-state index in [1.165, 1.54) is 11.8 Å². The largest absolute Gasteiger partial charge is 0.351 e. The number of anilines is 1. The molecular formula is C25H31N5O2S. The van der Waals surface area contributed by atoms with Crippen molar-refractivity contribution < 1.29 is 9.59 Å². The van der Waals surface area contributed by atoms with Crippen LogP contribution < -0.4 is 10.6 Å². The second-order valence-electron chi connectivity index (χ2n) is 8.22. The number of aryl methyl sites for hydroxylation is 3. The van der Waals surface area contributed by atoms with Crippen molar-refractivity contribution in [2.45, 2.75) is 52.7 Å². The molecule has 0 radical (unpaired) electrons. The number of benzene rings is 2. The quantitative estimate of drug-likeness (QED) is 0.451. The van der Waals surface area contributed by atoms with Gasteiger partial charge in [0.1, 0.15) is 5.82 Å². The zero-order valence-electron chi connectivity index (χ0n) is 19.8. The summed E-state index contributed by atoms with van der Waals surface area (Å²) in [6, 6.07) is 13.8. The van der Waals surface area contributed by atoms with Gasteiger partial charge in [-0.1, -0.05) is 49.9 Å². The Bertz CT molecular complexity index is 1140. The molecule has 3 rings (SSSR count). The predicted octanol–water partition coefficient (Wildman–Crippen LogP) is 4.59. The van der Waals surface area contributed by atoms with Gasteiger partial charge in [0, 0.05) is 18.2 Å². The first-order chi connectivity index (χ1) is 15.8. The molecule has 174 valence electrons. The average molecular weight is 466 g/mol. The average Bonchev–Trinajstić information content (AvgIpc) is 3.17. The topological polar surface area (TPSA) is 88.9 Å². The Balaban J connectivity index is 1.59. The minimum absolute atomic E-state index is 0.00154. The Morgan fingerprint density at radius 3 is 2.64 bits per heavy atom. The molecule has 1 atom stereocenters. The molecule has 0 spiro atoms. The second-order valence-corrected chi connectivity index (χ2v) is 9.16. The van der Waals surface area contributed by atoms with Gasteiger partial charge in [-0.15, -0.1) is 10.2 Å². The van der Waals surface area contributed by atoms with E-state index in [0.717, 1.165) is 40.3 Å². The molecular weight excluding hydrogens is 434 g/mol. The van der Waals surface area contributed by atoms with Crippen LogP contribution in [0.25, 0.3) is 5.69 Å². The maximum absolute atomic E-state index is 12.5. The SMILES string of the molecule is CCC(C)C(=O)Nc1cccc(CNC(=O)CSc2nnc(C)n2-c2cc(C)ccc2C)c1. The number of amides is 2. The minimum Gasteiger partial charge on any atom is -0.351 e. The van der Waals surface area contributed by atoms with Crippen LogP contribution in [0.3, 0.4) is 0 Å². The van der Waals surface area contributed by atoms with Gasteiger partial charge in [0.2, 0.25) is 11.8 Å². The zero-order valence-corrected chi connectivity index (χ0v) is 20.6. The van der Waals surface area contributed by atoms with Crippen LogP contribution in [0.4, 0.5) is 5.69 Å². The van der Waals surface area contributed by atoms with Gasteiger partial charge in [0.25, 0.3) is 0 Å². The van der Waals surface area contributed by atoms with E-state index in [1.807, 2.05) is 56.5 Å². The molecule has 0 aliphatic heterocycles. The van der Waals surface area contributed by atoms with Gasteiger partial charge in [0.05, 0.1) is 11.4 Å². The predicted molar refractivity (Wildman–Crippen MR) is 133 cm³/mol. The van der Waals surface area contributed by atoms with Crippen molar-refractivity contribution in [3.63, 3.8) is 0 Å². The Labute approximate surface area is 199 Å². The Hall–Kier alpha value is -3.13. The molecule has 1 aromatic heterocycles. The third-order valence-electron chi connectivity index (χ3n) is 5.48. The number of hydrogen-bond donors (Lipinski definition) is 2. The van der Waals surface area contributed by atoms with E-state index in [-0.39, 0.29) is 23.5 Å². The van der Waals surface area contributed by atoms with E-state index >= 15 is 0 Å². The number of nitrogens with one attached hydrogen (secondary N) is 2. The maximum atomic E-state index is 12.5. The van der Waals surface area contributed by atoms with Crippen molar-refractivity contribution >= 4 is 29.3 Å². The summed E-state index contributed by atoms with van der Waals surface area (Å²) < 4.78 is 1.99. The van der Waals surface area contributed by atoms with E-state index in [9.17, 15) is 9.59 Å². The van der Waals surface area contributed by atoms with Gasteiger partial charge in [-0.25, -0.2) is 0 Å². The summed E-state index contributed by atoms with van der Waals surface area (Å²) in [5, 5.41) is 15.0. The summed E-state index contributed by atoms with van der Waals surface area (Å²) in [4.78, 5) is 24.6. The highest BCUT2D eigenvalue weighted by molar-refractivity contribution is 7.99. The van der Waals surface area contributed by atoms with Crippen LogP contribution >= 0.6 is 11.8 Å². The first-order valence-electron chi connectivity index (χ1n) is 11.1. The normalized spacial score (nSPS) is 11.8. The molecule has 0 saturated heterocycles. The van der Waals surface area contributed by atoms with Gasteiger partial charge >= 0.3 is 0 Å². The van der Waals surface area contributed by atoms with E-state index in [0.29, 0.717) is 11.7 Å². The Morgan fingerprint density at radius 1 is 1.09 bits per heavy atom. The minimum atomic E-state index is -0.0952. The zero-order chi connectivity index (χ0) is 24.0. The molecule has 33 heavy (non-hydrogen) atoms. The molecule has 1 unspecified atom stereocenters. The Morgan fingerprint density at radius 2 is 1.88 bits per heavy atom. The molecule has 0 bridgehead atoms. The van der Waals surface area contributed by atoms with Gasteiger partial charge in [-0.05, 0) is 62.1 Å². The lowest BCUT2D eigenvalue weighted by molar-refractivity contribution is -0.120. The van der Waals surface area contributed by atoms with Crippen molar-refractivity contribution in [1.29, 1.82) is 0 Å². The first-order valence-corrected chi connectivity index (χ1v) is 12.1. The molecule has 0 fully saturated rings. The lowest BCUT2D eigenvalue weighted by atomic mass is 10.1. The fourth-order valence-corrected chi connectivity index (χ4v) is 4.09. The molecule has 0 aliphatic carbocycles. The van der Waals surface area contributed by atoms with Crippen LogP contribution in [0.1, 0.15) is 42.8 Å². The first kappa shape index (κ1) is 24.5. The van der Waals surface area contributed by atoms with E-state index in [2.05, 4.69) is 46.0 Å². The van der Waals surface area contributed by atoms with Crippen LogP contribution in [0.2, 0.25) is 0 Å². The molecule has 0 aliphatic rings. The fraction of sp³-hybridized carbons (Fsp3) is 0.360. The monoisotopic (exact) mass is 465 g/mol. The van der Waals surface area contributed by atoms with E-state index in [1.54, 1.807) is 0 Å². The molecule has 2 N–H and O–H groups in total. The molecule has 3 aromatic rings. The van der Waals surface area contributed by atoms with Crippen molar-refractivity contribution in [2.75, 3.05) is 11.1 Å². The number of carbonyl (C=O) groups is 2. The highest BCUT2D eigenvalue weighted by Gasteiger charge is 2.15. The highest BCUT2D eigenvalue weighted by atomic mass is 32.2. The third-order valence-corrected chi connectivity index (χ3v) is 6.41. The molecule has 8 heteroatoms. The number of aromatic nitrogens is 3. The number of hydrogen-bond acceptors (Lipinski definition) is 5. The second kappa shape index (κ2) is 11.1. The molecule has 7 nitrogen and oxygen atoms in total. The van der Waals surface area contributed by atoms with Crippen molar-refractivity contribution in [2.24, 2.45) is 5.92 Å². The van der Waals surface area contributed by atoms with Crippen LogP contribution in [0, 0.1) is 26.7 Å². The van der Waals surface area contributed by atoms with Crippen LogP contribution in [0.5, 0.6) is 0 Å². The van der Waals surface area contributed by atoms with Gasteiger partial charge in [0.15, 0.2) is 5.16 Å². The number of rotatable bonds is 9. The molecule has 1 heterocycles. The lowest BCUT2D eigenvalue weighted by Crippen LogP contribution is -2.25. The summed E-state index contributed by atoms with van der Waals surface area (Å²) >= 11 is 1.36. The molecule has 0 saturated carbocycles. The highest BCUT2D eigenvalue weighted by Crippen LogP contribution is 2.24. The van der Waals surface area contributed by atoms with Crippen molar-refractivity contribution in [3.05, 3.63) is 65.0 Å². The number of carbonyl (C=O) groups excluding carboxylic acids is 2. The van der Waals surface area contributed by atoms with Gasteiger partial charge in [-0.2, -0.15) is 0 Å². The fourth-order valence-electron chi connectivity index (χ4n) is 3.27. The van der Waals surface area contributed by atoms with Crippen LogP contribution in [-0.2, 0) is 16.1 Å². The Kier molecular flexibility index (Phi) is 8.27. The summed E-state index contributed by atoms with van der Waals surface area (Å²) in [5.74, 6) is 0.871. The summed E-state index contributed by atoms with van der Waals surface area (Å²) in [7, 11) is 0. The van der Waals surface area contributed by atoms with Gasteiger partial charge in [-0.3, -0.25) is 14.2 Å². The number of nitrogens with zero attached hydrogens (tertiary/aromatic N) is 3.